The topological polar surface area (TPSA) is 84.2 Å². The van der Waals surface area contributed by atoms with Crippen LogP contribution in [0.15, 0.2) is 6.20 Å². The van der Waals surface area contributed by atoms with E-state index in [-0.39, 0.29) is 6.42 Å². The molecule has 6 heteroatoms. The van der Waals surface area contributed by atoms with Gasteiger partial charge in [-0.25, -0.2) is 4.79 Å². The van der Waals surface area contributed by atoms with Gasteiger partial charge in [-0.2, -0.15) is 5.10 Å². The van der Waals surface area contributed by atoms with Crippen molar-refractivity contribution >= 4 is 11.9 Å². The van der Waals surface area contributed by atoms with Crippen molar-refractivity contribution in [2.45, 2.75) is 25.8 Å². The molecule has 0 saturated carbocycles. The van der Waals surface area contributed by atoms with Crippen molar-refractivity contribution < 1.29 is 14.7 Å². The minimum atomic E-state index is -1.15. The van der Waals surface area contributed by atoms with Crippen LogP contribution < -0.4 is 5.32 Å². The number of nitrogens with one attached hydrogen (secondary N) is 1. The van der Waals surface area contributed by atoms with Gasteiger partial charge in [0.05, 0.1) is 11.3 Å². The number of carboxylic acids is 1. The predicted molar refractivity (Wildman–Crippen MR) is 64.9 cm³/mol. The van der Waals surface area contributed by atoms with Crippen LogP contribution in [0.3, 0.4) is 0 Å². The van der Waals surface area contributed by atoms with E-state index in [1.165, 1.54) is 4.68 Å². The molecule has 0 aliphatic heterocycles. The van der Waals surface area contributed by atoms with E-state index in [2.05, 4.69) is 16.3 Å². The number of rotatable bonds is 5. The Balaban J connectivity index is 2.87. The maximum atomic E-state index is 11.9. The minimum absolute atomic E-state index is 0.0528. The van der Waals surface area contributed by atoms with E-state index in [1.807, 2.05) is 6.92 Å². The Morgan fingerprint density at radius 3 is 2.83 bits per heavy atom. The van der Waals surface area contributed by atoms with Crippen LogP contribution in [0, 0.1) is 12.3 Å². The van der Waals surface area contributed by atoms with Gasteiger partial charge >= 0.3 is 5.97 Å². The fourth-order valence-electron chi connectivity index (χ4n) is 1.54. The van der Waals surface area contributed by atoms with Gasteiger partial charge in [-0.15, -0.1) is 12.3 Å². The standard InChI is InChI=1S/C12H15N3O3/c1-4-6-10(12(17)18)13-11(16)8-7-15(3)14-9(8)5-2/h1,7,10H,5-6H2,2-3H3,(H,13,16)(H,17,18). The highest BCUT2D eigenvalue weighted by Gasteiger charge is 2.22. The fraction of sp³-hybridized carbons (Fsp3) is 0.417. The summed E-state index contributed by atoms with van der Waals surface area (Å²) < 4.78 is 1.52. The van der Waals surface area contributed by atoms with Crippen molar-refractivity contribution in [1.82, 2.24) is 15.1 Å². The first-order valence-corrected chi connectivity index (χ1v) is 5.49. The summed E-state index contributed by atoms with van der Waals surface area (Å²) in [6.45, 7) is 1.87. The largest absolute Gasteiger partial charge is 0.480 e. The van der Waals surface area contributed by atoms with Crippen molar-refractivity contribution in [3.63, 3.8) is 0 Å². The molecule has 0 fully saturated rings. The summed E-state index contributed by atoms with van der Waals surface area (Å²) in [4.78, 5) is 22.8. The maximum absolute atomic E-state index is 11.9. The summed E-state index contributed by atoms with van der Waals surface area (Å²) >= 11 is 0. The first-order chi connectivity index (χ1) is 8.49. The van der Waals surface area contributed by atoms with Crippen LogP contribution >= 0.6 is 0 Å². The van der Waals surface area contributed by atoms with Gasteiger partial charge in [0.2, 0.25) is 0 Å². The summed E-state index contributed by atoms with van der Waals surface area (Å²) in [7, 11) is 1.70. The van der Waals surface area contributed by atoms with Crippen molar-refractivity contribution in [2.75, 3.05) is 0 Å². The molecular formula is C12H15N3O3. The van der Waals surface area contributed by atoms with Crippen LogP contribution in [0.5, 0.6) is 0 Å². The number of hydrogen-bond acceptors (Lipinski definition) is 3. The molecule has 2 N–H and O–H groups in total. The number of aryl methyl sites for hydroxylation is 2. The molecular weight excluding hydrogens is 234 g/mol. The van der Waals surface area contributed by atoms with Crippen molar-refractivity contribution in [3.05, 3.63) is 17.5 Å². The van der Waals surface area contributed by atoms with Crippen LogP contribution in [0.1, 0.15) is 29.4 Å². The van der Waals surface area contributed by atoms with Crippen molar-refractivity contribution in [1.29, 1.82) is 0 Å². The average molecular weight is 249 g/mol. The molecule has 1 unspecified atom stereocenters. The minimum Gasteiger partial charge on any atom is -0.480 e. The van der Waals surface area contributed by atoms with E-state index in [4.69, 9.17) is 11.5 Å². The molecule has 18 heavy (non-hydrogen) atoms. The number of amides is 1. The molecule has 0 aromatic carbocycles. The molecule has 0 saturated heterocycles. The van der Waals surface area contributed by atoms with Gasteiger partial charge in [-0.3, -0.25) is 9.48 Å². The molecule has 1 atom stereocenters. The monoisotopic (exact) mass is 249 g/mol. The Bertz CT molecular complexity index is 499. The second kappa shape index (κ2) is 5.87. The van der Waals surface area contributed by atoms with E-state index in [0.717, 1.165) is 0 Å². The van der Waals surface area contributed by atoms with Gasteiger partial charge in [0.1, 0.15) is 6.04 Å². The van der Waals surface area contributed by atoms with Gasteiger partial charge in [0.25, 0.3) is 5.91 Å². The molecule has 1 aromatic rings. The van der Waals surface area contributed by atoms with Crippen LogP contribution in [0.4, 0.5) is 0 Å². The molecule has 0 aliphatic rings. The van der Waals surface area contributed by atoms with E-state index in [9.17, 15) is 9.59 Å². The van der Waals surface area contributed by atoms with Crippen LogP contribution in [-0.4, -0.2) is 32.8 Å². The number of carbonyl (C=O) groups is 2. The van der Waals surface area contributed by atoms with E-state index in [0.29, 0.717) is 17.7 Å². The Morgan fingerprint density at radius 2 is 2.33 bits per heavy atom. The fourth-order valence-corrected chi connectivity index (χ4v) is 1.54. The summed E-state index contributed by atoms with van der Waals surface area (Å²) in [5.41, 5.74) is 1.00. The zero-order valence-corrected chi connectivity index (χ0v) is 10.3. The number of carboxylic acid groups (broad SMARTS) is 1. The second-order valence-electron chi connectivity index (χ2n) is 3.79. The highest BCUT2D eigenvalue weighted by molar-refractivity contribution is 5.97. The molecule has 0 aliphatic carbocycles. The number of hydrogen-bond donors (Lipinski definition) is 2. The van der Waals surface area contributed by atoms with Gasteiger partial charge in [0.15, 0.2) is 0 Å². The van der Waals surface area contributed by atoms with Crippen LogP contribution in [0.2, 0.25) is 0 Å². The Morgan fingerprint density at radius 1 is 1.67 bits per heavy atom. The molecule has 1 aromatic heterocycles. The molecule has 6 nitrogen and oxygen atoms in total. The van der Waals surface area contributed by atoms with Gasteiger partial charge in [0, 0.05) is 19.7 Å². The smallest absolute Gasteiger partial charge is 0.327 e. The molecule has 1 rings (SSSR count). The number of aromatic nitrogens is 2. The van der Waals surface area contributed by atoms with Gasteiger partial charge in [-0.05, 0) is 6.42 Å². The number of carbonyl (C=O) groups excluding carboxylic acids is 1. The molecule has 0 radical (unpaired) electrons. The lowest BCUT2D eigenvalue weighted by molar-refractivity contribution is -0.139. The average Bonchev–Trinajstić information content (AvgIpc) is 2.69. The quantitative estimate of drug-likeness (QED) is 0.729. The van der Waals surface area contributed by atoms with Gasteiger partial charge < -0.3 is 10.4 Å². The lowest BCUT2D eigenvalue weighted by Crippen LogP contribution is -2.40. The lowest BCUT2D eigenvalue weighted by Gasteiger charge is -2.11. The third-order valence-electron chi connectivity index (χ3n) is 2.41. The first kappa shape index (κ1) is 13.8. The van der Waals surface area contributed by atoms with Gasteiger partial charge in [-0.1, -0.05) is 6.92 Å². The van der Waals surface area contributed by atoms with E-state index < -0.39 is 17.9 Å². The summed E-state index contributed by atoms with van der Waals surface area (Å²) in [6, 6.07) is -1.08. The lowest BCUT2D eigenvalue weighted by atomic mass is 10.1. The number of aliphatic carboxylic acids is 1. The summed E-state index contributed by atoms with van der Waals surface area (Å²) in [6.07, 6.45) is 7.16. The SMILES string of the molecule is C#CCC(NC(=O)c1cn(C)nc1CC)C(=O)O. The van der Waals surface area contributed by atoms with Crippen molar-refractivity contribution in [3.8, 4) is 12.3 Å². The third kappa shape index (κ3) is 3.10. The molecule has 0 bridgehead atoms. The molecule has 0 spiro atoms. The number of nitrogens with zero attached hydrogens (tertiary/aromatic N) is 2. The Labute approximate surface area is 105 Å². The highest BCUT2D eigenvalue weighted by atomic mass is 16.4. The zero-order chi connectivity index (χ0) is 13.7. The molecule has 96 valence electrons. The second-order valence-corrected chi connectivity index (χ2v) is 3.79. The summed E-state index contributed by atoms with van der Waals surface area (Å²) in [5.74, 6) is 0.604. The van der Waals surface area contributed by atoms with Crippen LogP contribution in [0.25, 0.3) is 0 Å². The predicted octanol–water partition coefficient (Wildman–Crippen LogP) is 0.189. The van der Waals surface area contributed by atoms with E-state index in [1.54, 1.807) is 13.2 Å². The Kier molecular flexibility index (Phi) is 4.49. The zero-order valence-electron chi connectivity index (χ0n) is 10.3. The normalized spacial score (nSPS) is 11.6. The van der Waals surface area contributed by atoms with E-state index >= 15 is 0 Å². The van der Waals surface area contributed by atoms with Crippen molar-refractivity contribution in [2.24, 2.45) is 7.05 Å². The maximum Gasteiger partial charge on any atom is 0.327 e. The Hall–Kier alpha value is -2.29. The highest BCUT2D eigenvalue weighted by Crippen LogP contribution is 2.07. The summed E-state index contributed by atoms with van der Waals surface area (Å²) in [5, 5.41) is 15.4. The third-order valence-corrected chi connectivity index (χ3v) is 2.41. The number of terminal acetylenes is 1. The molecule has 1 heterocycles. The first-order valence-electron chi connectivity index (χ1n) is 5.49. The van der Waals surface area contributed by atoms with Crippen LogP contribution in [-0.2, 0) is 18.3 Å². The molecule has 1 amide bonds.